The lowest BCUT2D eigenvalue weighted by molar-refractivity contribution is 0.0473. The molecule has 1 aromatic heterocycles. The topological polar surface area (TPSA) is 67.6 Å². The number of anilines is 1. The quantitative estimate of drug-likeness (QED) is 0.871. The molecular formula is C15H17N3O3. The number of nitrogens with zero attached hydrogens (tertiary/aromatic N) is 2. The van der Waals surface area contributed by atoms with E-state index < -0.39 is 0 Å². The van der Waals surface area contributed by atoms with Gasteiger partial charge in [-0.15, -0.1) is 0 Å². The predicted octanol–water partition coefficient (Wildman–Crippen LogP) is 2.30. The lowest BCUT2D eigenvalue weighted by atomic mass is 9.95. The van der Waals surface area contributed by atoms with Crippen molar-refractivity contribution in [2.45, 2.75) is 24.9 Å². The van der Waals surface area contributed by atoms with Crippen LogP contribution in [0, 0.1) is 0 Å². The minimum atomic E-state index is -0.349. The Hall–Kier alpha value is -2.24. The van der Waals surface area contributed by atoms with E-state index in [-0.39, 0.29) is 11.7 Å². The van der Waals surface area contributed by atoms with E-state index in [2.05, 4.69) is 15.2 Å². The first-order chi connectivity index (χ1) is 10.2. The maximum atomic E-state index is 11.3. The zero-order valence-electron chi connectivity index (χ0n) is 11.7. The molecule has 2 aromatic rings. The maximum absolute atomic E-state index is 11.3. The highest BCUT2D eigenvalue weighted by molar-refractivity contribution is 5.74. The van der Waals surface area contributed by atoms with Crippen molar-refractivity contribution < 1.29 is 13.9 Å². The van der Waals surface area contributed by atoms with Crippen LogP contribution in [0.1, 0.15) is 19.3 Å². The third-order valence-corrected chi connectivity index (χ3v) is 4.31. The molecule has 3 heterocycles. The van der Waals surface area contributed by atoms with E-state index in [1.807, 2.05) is 24.3 Å². The predicted molar refractivity (Wildman–Crippen MR) is 77.3 cm³/mol. The number of para-hydroxylation sites is 2. The average molecular weight is 287 g/mol. The van der Waals surface area contributed by atoms with Gasteiger partial charge in [-0.05, 0) is 25.0 Å². The van der Waals surface area contributed by atoms with Crippen LogP contribution in [0.2, 0.25) is 0 Å². The molecule has 1 N–H and O–H groups in total. The van der Waals surface area contributed by atoms with Crippen molar-refractivity contribution in [1.82, 2.24) is 10.3 Å². The standard InChI is InChI=1S/C15H17N3O3/c19-14-16-10-15(21-14)6-3-8-18(9-7-15)13-17-11-4-1-2-5-12(11)20-13/h1-2,4-5H,3,6-10H2,(H,16,19)/t15-/m1/s1. The molecule has 1 aromatic carbocycles. The number of benzene rings is 1. The third kappa shape index (κ3) is 2.20. The molecule has 2 aliphatic heterocycles. The van der Waals surface area contributed by atoms with Crippen LogP contribution in [0.3, 0.4) is 0 Å². The van der Waals surface area contributed by atoms with E-state index >= 15 is 0 Å². The summed E-state index contributed by atoms with van der Waals surface area (Å²) in [7, 11) is 0. The molecule has 6 heteroatoms. The first kappa shape index (κ1) is 12.5. The van der Waals surface area contributed by atoms with Crippen LogP contribution in [0.15, 0.2) is 28.7 Å². The van der Waals surface area contributed by atoms with Gasteiger partial charge in [0.25, 0.3) is 6.01 Å². The summed E-state index contributed by atoms with van der Waals surface area (Å²) < 4.78 is 11.3. The summed E-state index contributed by atoms with van der Waals surface area (Å²) in [4.78, 5) is 18.0. The number of nitrogens with one attached hydrogen (secondary N) is 1. The molecule has 2 fully saturated rings. The number of alkyl carbamates (subject to hydrolysis) is 1. The molecule has 4 rings (SSSR count). The van der Waals surface area contributed by atoms with Crippen molar-refractivity contribution in [2.75, 3.05) is 24.5 Å². The molecule has 1 spiro atoms. The lowest BCUT2D eigenvalue weighted by Gasteiger charge is -2.24. The van der Waals surface area contributed by atoms with Crippen LogP contribution in [-0.4, -0.2) is 36.3 Å². The van der Waals surface area contributed by atoms with Crippen molar-refractivity contribution >= 4 is 23.2 Å². The molecule has 2 saturated heterocycles. The molecule has 1 amide bonds. The molecule has 0 unspecified atom stereocenters. The van der Waals surface area contributed by atoms with Crippen LogP contribution < -0.4 is 10.2 Å². The maximum Gasteiger partial charge on any atom is 0.407 e. The summed E-state index contributed by atoms with van der Waals surface area (Å²) in [6.07, 6.45) is 2.32. The van der Waals surface area contributed by atoms with Gasteiger partial charge >= 0.3 is 6.09 Å². The van der Waals surface area contributed by atoms with Crippen LogP contribution in [0.5, 0.6) is 0 Å². The van der Waals surface area contributed by atoms with E-state index in [0.29, 0.717) is 12.6 Å². The number of hydrogen-bond acceptors (Lipinski definition) is 5. The molecule has 0 bridgehead atoms. The summed E-state index contributed by atoms with van der Waals surface area (Å²) in [5, 5.41) is 2.77. The highest BCUT2D eigenvalue weighted by Gasteiger charge is 2.41. The van der Waals surface area contributed by atoms with Gasteiger partial charge in [-0.1, -0.05) is 12.1 Å². The smallest absolute Gasteiger partial charge is 0.407 e. The Bertz CT molecular complexity index is 651. The van der Waals surface area contributed by atoms with Gasteiger partial charge in [-0.25, -0.2) is 4.79 Å². The van der Waals surface area contributed by atoms with Gasteiger partial charge in [0.1, 0.15) is 11.1 Å². The Morgan fingerprint density at radius 3 is 2.95 bits per heavy atom. The molecule has 2 aliphatic rings. The Labute approximate surface area is 122 Å². The fraction of sp³-hybridized carbons (Fsp3) is 0.467. The van der Waals surface area contributed by atoms with Crippen LogP contribution >= 0.6 is 0 Å². The fourth-order valence-corrected chi connectivity index (χ4v) is 3.14. The van der Waals surface area contributed by atoms with E-state index in [1.165, 1.54) is 0 Å². The van der Waals surface area contributed by atoms with Crippen LogP contribution in [0.4, 0.5) is 10.8 Å². The van der Waals surface area contributed by atoms with Gasteiger partial charge in [0.05, 0.1) is 6.54 Å². The Balaban J connectivity index is 1.55. The van der Waals surface area contributed by atoms with Crippen LogP contribution in [-0.2, 0) is 4.74 Å². The van der Waals surface area contributed by atoms with E-state index in [4.69, 9.17) is 9.15 Å². The van der Waals surface area contributed by atoms with Gasteiger partial charge in [0, 0.05) is 19.5 Å². The summed E-state index contributed by atoms with van der Waals surface area (Å²) in [6.45, 7) is 2.25. The van der Waals surface area contributed by atoms with E-state index in [9.17, 15) is 4.79 Å². The number of amides is 1. The molecule has 0 saturated carbocycles. The number of carbonyl (C=O) groups excluding carboxylic acids is 1. The van der Waals surface area contributed by atoms with Crippen molar-refractivity contribution in [1.29, 1.82) is 0 Å². The lowest BCUT2D eigenvalue weighted by Crippen LogP contribution is -2.34. The molecule has 6 nitrogen and oxygen atoms in total. The second-order valence-corrected chi connectivity index (χ2v) is 5.73. The zero-order valence-corrected chi connectivity index (χ0v) is 11.7. The van der Waals surface area contributed by atoms with Crippen molar-refractivity contribution in [3.63, 3.8) is 0 Å². The minimum Gasteiger partial charge on any atom is -0.441 e. The third-order valence-electron chi connectivity index (χ3n) is 4.31. The largest absolute Gasteiger partial charge is 0.441 e. The first-order valence-electron chi connectivity index (χ1n) is 7.32. The monoisotopic (exact) mass is 287 g/mol. The summed E-state index contributed by atoms with van der Waals surface area (Å²) in [6, 6.07) is 8.43. The second-order valence-electron chi connectivity index (χ2n) is 5.73. The van der Waals surface area contributed by atoms with Gasteiger partial charge in [0.15, 0.2) is 5.58 Å². The Morgan fingerprint density at radius 2 is 2.14 bits per heavy atom. The number of oxazole rings is 1. The number of hydrogen-bond donors (Lipinski definition) is 1. The molecule has 1 atom stereocenters. The van der Waals surface area contributed by atoms with Gasteiger partial charge < -0.3 is 19.4 Å². The van der Waals surface area contributed by atoms with Gasteiger partial charge in [-0.2, -0.15) is 4.98 Å². The number of fused-ring (bicyclic) bond motifs is 1. The normalized spacial score (nSPS) is 25.9. The summed E-state index contributed by atoms with van der Waals surface area (Å²) in [5.41, 5.74) is 1.33. The molecule has 110 valence electrons. The molecule has 21 heavy (non-hydrogen) atoms. The Kier molecular flexibility index (Phi) is 2.77. The fourth-order valence-electron chi connectivity index (χ4n) is 3.14. The van der Waals surface area contributed by atoms with Crippen molar-refractivity contribution in [2.24, 2.45) is 0 Å². The first-order valence-corrected chi connectivity index (χ1v) is 7.32. The van der Waals surface area contributed by atoms with Crippen molar-refractivity contribution in [3.05, 3.63) is 24.3 Å². The SMILES string of the molecule is O=C1NC[C@]2(CCCN(c3nc4ccccc4o3)CC2)O1. The second kappa shape index (κ2) is 4.65. The molecule has 0 radical (unpaired) electrons. The average Bonchev–Trinajstić information content (AvgIpc) is 3.00. The van der Waals surface area contributed by atoms with Crippen molar-refractivity contribution in [3.8, 4) is 0 Å². The number of rotatable bonds is 1. The van der Waals surface area contributed by atoms with Gasteiger partial charge in [0.2, 0.25) is 0 Å². The number of carbonyl (C=O) groups is 1. The number of aromatic nitrogens is 1. The highest BCUT2D eigenvalue weighted by atomic mass is 16.6. The minimum absolute atomic E-state index is 0.301. The Morgan fingerprint density at radius 1 is 1.24 bits per heavy atom. The van der Waals surface area contributed by atoms with E-state index in [0.717, 1.165) is 43.5 Å². The highest BCUT2D eigenvalue weighted by Crippen LogP contribution is 2.31. The number of ether oxygens (including phenoxy) is 1. The van der Waals surface area contributed by atoms with E-state index in [1.54, 1.807) is 0 Å². The zero-order chi connectivity index (χ0) is 14.3. The molecule has 0 aliphatic carbocycles. The summed E-state index contributed by atoms with van der Waals surface area (Å²) >= 11 is 0. The molecular weight excluding hydrogens is 270 g/mol. The van der Waals surface area contributed by atoms with Crippen LogP contribution in [0.25, 0.3) is 11.1 Å². The van der Waals surface area contributed by atoms with Gasteiger partial charge in [-0.3, -0.25) is 0 Å². The summed E-state index contributed by atoms with van der Waals surface area (Å²) in [5.74, 6) is 0.